The largest absolute Gasteiger partial charge is 0.501 e. The molecule has 0 radical (unpaired) electrons. The van der Waals surface area contributed by atoms with Gasteiger partial charge in [0.05, 0.1) is 0 Å². The summed E-state index contributed by atoms with van der Waals surface area (Å²) < 4.78 is 18.0. The molecule has 0 atom stereocenters. The van der Waals surface area contributed by atoms with Gasteiger partial charge >= 0.3 is 8.80 Å². The van der Waals surface area contributed by atoms with E-state index >= 15 is 0 Å². The highest BCUT2D eigenvalue weighted by Gasteiger charge is 2.43. The zero-order valence-corrected chi connectivity index (χ0v) is 12.9. The minimum absolute atomic E-state index is 0. The molecular formula is C12H32O3Si2. The molecule has 3 nitrogen and oxygen atoms in total. The second kappa shape index (κ2) is 9.27. The molecule has 0 aromatic heterocycles. The van der Waals surface area contributed by atoms with Gasteiger partial charge in [-0.25, -0.2) is 0 Å². The highest BCUT2D eigenvalue weighted by atomic mass is 28.4. The van der Waals surface area contributed by atoms with E-state index in [-0.39, 0.29) is 29.3 Å². The monoisotopic (exact) mass is 280 g/mol. The molecule has 0 aliphatic rings. The highest BCUT2D eigenvalue weighted by Crippen LogP contribution is 2.23. The third-order valence-electron chi connectivity index (χ3n) is 1.80. The van der Waals surface area contributed by atoms with Crippen molar-refractivity contribution in [3.05, 3.63) is 0 Å². The number of hydrogen-bond acceptors (Lipinski definition) is 3. The summed E-state index contributed by atoms with van der Waals surface area (Å²) in [5, 5.41) is 0. The Morgan fingerprint density at radius 3 is 1.24 bits per heavy atom. The van der Waals surface area contributed by atoms with E-state index < -0.39 is 8.80 Å². The fourth-order valence-corrected chi connectivity index (χ4v) is 4.93. The summed E-state index contributed by atoms with van der Waals surface area (Å²) >= 11 is 0. The van der Waals surface area contributed by atoms with Crippen LogP contribution in [0, 0.1) is 0 Å². The lowest BCUT2D eigenvalue weighted by Crippen LogP contribution is -2.50. The fourth-order valence-electron chi connectivity index (χ4n) is 1.64. The number of rotatable bonds is 8. The van der Waals surface area contributed by atoms with Crippen molar-refractivity contribution in [2.75, 3.05) is 0 Å². The second-order valence-corrected chi connectivity index (χ2v) is 7.51. The summed E-state index contributed by atoms with van der Waals surface area (Å²) in [6, 6.07) is 0.890. The lowest BCUT2D eigenvalue weighted by Gasteiger charge is -2.34. The van der Waals surface area contributed by atoms with Gasteiger partial charge in [0.25, 0.3) is 0 Å². The Labute approximate surface area is 113 Å². The van der Waals surface area contributed by atoms with Crippen LogP contribution in [0.2, 0.25) is 6.04 Å². The van der Waals surface area contributed by atoms with E-state index in [4.69, 9.17) is 13.3 Å². The molecule has 0 aromatic rings. The van der Waals surface area contributed by atoms with E-state index in [0.717, 1.165) is 12.5 Å². The van der Waals surface area contributed by atoms with Crippen molar-refractivity contribution >= 4 is 19.8 Å². The molecule has 0 saturated carbocycles. The minimum atomic E-state index is -2.48. The van der Waals surface area contributed by atoms with Crippen LogP contribution >= 0.6 is 0 Å². The Bertz CT molecular complexity index is 158. The molecule has 0 N–H and O–H groups in total. The summed E-state index contributed by atoms with van der Waals surface area (Å²) in [6.07, 6.45) is 1.47. The summed E-state index contributed by atoms with van der Waals surface area (Å²) in [7, 11) is -2.48. The molecule has 17 heavy (non-hydrogen) atoms. The van der Waals surface area contributed by atoms with Gasteiger partial charge in [0, 0.05) is 24.4 Å². The van der Waals surface area contributed by atoms with E-state index in [9.17, 15) is 0 Å². The Morgan fingerprint density at radius 1 is 0.765 bits per heavy atom. The minimum Gasteiger partial charge on any atom is -0.371 e. The van der Waals surface area contributed by atoms with Crippen LogP contribution in [0.3, 0.4) is 0 Å². The van der Waals surface area contributed by atoms with Crippen molar-refractivity contribution in [1.82, 2.24) is 0 Å². The van der Waals surface area contributed by atoms with Gasteiger partial charge < -0.3 is 13.3 Å². The molecule has 0 heterocycles. The maximum atomic E-state index is 5.99. The molecule has 0 spiro atoms. The summed E-state index contributed by atoms with van der Waals surface area (Å²) in [6.45, 7) is 14.3. The van der Waals surface area contributed by atoms with Crippen LogP contribution in [-0.2, 0) is 13.3 Å². The van der Waals surface area contributed by atoms with Crippen molar-refractivity contribution in [1.29, 1.82) is 0 Å². The van der Waals surface area contributed by atoms with E-state index in [1.807, 2.05) is 41.5 Å². The van der Waals surface area contributed by atoms with Gasteiger partial charge in [-0.05, 0) is 52.5 Å². The lowest BCUT2D eigenvalue weighted by molar-refractivity contribution is 0.00314. The van der Waals surface area contributed by atoms with Gasteiger partial charge in [-0.3, -0.25) is 0 Å². The molecule has 0 aliphatic carbocycles. The van der Waals surface area contributed by atoms with Crippen molar-refractivity contribution < 1.29 is 13.3 Å². The second-order valence-electron chi connectivity index (χ2n) is 4.93. The molecule has 0 saturated heterocycles. The van der Waals surface area contributed by atoms with Crippen LogP contribution in [0.5, 0.6) is 0 Å². The van der Waals surface area contributed by atoms with Gasteiger partial charge in [-0.15, -0.1) is 0 Å². The van der Waals surface area contributed by atoms with Crippen molar-refractivity contribution in [3.63, 3.8) is 0 Å². The van der Waals surface area contributed by atoms with Gasteiger partial charge in [-0.2, -0.15) is 0 Å². The molecule has 0 aromatic carbocycles. The molecule has 5 heteroatoms. The normalized spacial score (nSPS) is 12.4. The molecule has 0 bridgehead atoms. The molecule has 0 amide bonds. The van der Waals surface area contributed by atoms with E-state index in [1.54, 1.807) is 0 Å². The summed E-state index contributed by atoms with van der Waals surface area (Å²) in [4.78, 5) is 0. The first-order valence-corrected chi connectivity index (χ1v) is 8.28. The summed E-state index contributed by atoms with van der Waals surface area (Å²) in [5.41, 5.74) is 0. The van der Waals surface area contributed by atoms with E-state index in [0.29, 0.717) is 0 Å². The van der Waals surface area contributed by atoms with Crippen molar-refractivity contribution in [3.8, 4) is 0 Å². The van der Waals surface area contributed by atoms with Gasteiger partial charge in [0.15, 0.2) is 0 Å². The average Bonchev–Trinajstić information content (AvgIpc) is 1.98. The van der Waals surface area contributed by atoms with Crippen LogP contribution in [0.15, 0.2) is 0 Å². The molecule has 0 fully saturated rings. The smallest absolute Gasteiger partial charge is 0.371 e. The van der Waals surface area contributed by atoms with Gasteiger partial charge in [0.1, 0.15) is 0 Å². The van der Waals surface area contributed by atoms with Gasteiger partial charge in [-0.1, -0.05) is 13.3 Å². The predicted octanol–water partition coefficient (Wildman–Crippen LogP) is 2.16. The molecular weight excluding hydrogens is 248 g/mol. The maximum absolute atomic E-state index is 5.99. The highest BCUT2D eigenvalue weighted by molar-refractivity contribution is 6.60. The topological polar surface area (TPSA) is 27.7 Å². The third kappa shape index (κ3) is 8.96. The third-order valence-corrected chi connectivity index (χ3v) is 5.41. The van der Waals surface area contributed by atoms with Crippen LogP contribution in [0.25, 0.3) is 0 Å². The quantitative estimate of drug-likeness (QED) is 0.638. The first kappa shape index (κ1) is 19.6. The van der Waals surface area contributed by atoms with Crippen LogP contribution in [-0.4, -0.2) is 38.1 Å². The Kier molecular flexibility index (Phi) is 10.7. The molecule has 0 aliphatic heterocycles. The first-order chi connectivity index (χ1) is 7.31. The SMILES string of the molecule is CCC[Si](OC(C)C)(OC(C)C)OC(C)C.[SiH4]. The van der Waals surface area contributed by atoms with Crippen LogP contribution in [0.1, 0.15) is 54.9 Å². The fraction of sp³-hybridized carbons (Fsp3) is 1.00. The Hall–Kier alpha value is 0.314. The molecule has 106 valence electrons. The Morgan fingerprint density at radius 2 is 1.06 bits per heavy atom. The summed E-state index contributed by atoms with van der Waals surface area (Å²) in [5.74, 6) is 0. The standard InChI is InChI=1S/C12H28O3Si.H4Si/c1-8-9-16(13-10(2)3,14-11(4)5)15-12(6)7;/h10-12H,8-9H2,1-7H3;1H4. The van der Waals surface area contributed by atoms with Crippen molar-refractivity contribution in [2.24, 2.45) is 0 Å². The maximum Gasteiger partial charge on any atom is 0.501 e. The number of hydrogen-bond donors (Lipinski definition) is 0. The van der Waals surface area contributed by atoms with E-state index in [2.05, 4.69) is 6.92 Å². The van der Waals surface area contributed by atoms with Gasteiger partial charge in [0.2, 0.25) is 0 Å². The van der Waals surface area contributed by atoms with Crippen LogP contribution < -0.4 is 0 Å². The van der Waals surface area contributed by atoms with Crippen molar-refractivity contribution in [2.45, 2.75) is 79.2 Å². The predicted molar refractivity (Wildman–Crippen MR) is 80.8 cm³/mol. The molecule has 0 unspecified atom stereocenters. The Balaban J connectivity index is 0. The first-order valence-electron chi connectivity index (χ1n) is 6.34. The lowest BCUT2D eigenvalue weighted by atomic mass is 10.5. The zero-order chi connectivity index (χ0) is 12.8. The molecule has 0 rings (SSSR count). The van der Waals surface area contributed by atoms with Crippen LogP contribution in [0.4, 0.5) is 0 Å². The zero-order valence-electron chi connectivity index (χ0n) is 11.9. The average molecular weight is 281 g/mol. The van der Waals surface area contributed by atoms with E-state index in [1.165, 1.54) is 0 Å².